The highest BCUT2D eigenvalue weighted by molar-refractivity contribution is 4.91. The highest BCUT2D eigenvalue weighted by atomic mass is 16.5. The van der Waals surface area contributed by atoms with Crippen molar-refractivity contribution in [3.63, 3.8) is 0 Å². The van der Waals surface area contributed by atoms with Gasteiger partial charge in [0, 0.05) is 25.2 Å². The van der Waals surface area contributed by atoms with Crippen LogP contribution in [0, 0.1) is 0 Å². The molecule has 2 aliphatic rings. The van der Waals surface area contributed by atoms with Crippen LogP contribution in [0.3, 0.4) is 0 Å². The Morgan fingerprint density at radius 1 is 1.24 bits per heavy atom. The normalized spacial score (nSPS) is 30.4. The number of ether oxygens (including phenoxy) is 1. The van der Waals surface area contributed by atoms with Crippen molar-refractivity contribution in [1.29, 1.82) is 0 Å². The predicted molar refractivity (Wildman–Crippen MR) is 71.1 cm³/mol. The zero-order chi connectivity index (χ0) is 12.1. The molecule has 100 valence electrons. The summed E-state index contributed by atoms with van der Waals surface area (Å²) in [6.07, 6.45) is 9.37. The van der Waals surface area contributed by atoms with Crippen LogP contribution in [0.2, 0.25) is 0 Å². The van der Waals surface area contributed by atoms with Crippen molar-refractivity contribution in [2.24, 2.45) is 5.73 Å². The average Bonchev–Trinajstić information content (AvgIpc) is 2.30. The second-order valence-corrected chi connectivity index (χ2v) is 5.88. The van der Waals surface area contributed by atoms with Crippen LogP contribution in [-0.2, 0) is 4.74 Å². The summed E-state index contributed by atoms with van der Waals surface area (Å²) >= 11 is 0. The molecule has 1 atom stereocenters. The minimum absolute atomic E-state index is 0.0896. The summed E-state index contributed by atoms with van der Waals surface area (Å²) in [6, 6.07) is 0. The van der Waals surface area contributed by atoms with Crippen LogP contribution in [0.4, 0.5) is 0 Å². The number of hydrogen-bond acceptors (Lipinski definition) is 3. The molecule has 1 heterocycles. The van der Waals surface area contributed by atoms with Crippen LogP contribution in [0.15, 0.2) is 0 Å². The van der Waals surface area contributed by atoms with E-state index in [2.05, 4.69) is 11.8 Å². The molecule has 0 spiro atoms. The zero-order valence-electron chi connectivity index (χ0n) is 11.3. The van der Waals surface area contributed by atoms with Gasteiger partial charge >= 0.3 is 0 Å². The first-order chi connectivity index (χ1) is 8.22. The lowest BCUT2D eigenvalue weighted by molar-refractivity contribution is -0.00202. The van der Waals surface area contributed by atoms with Crippen LogP contribution in [-0.4, -0.2) is 42.8 Å². The second kappa shape index (κ2) is 6.17. The second-order valence-electron chi connectivity index (χ2n) is 5.88. The molecule has 3 heteroatoms. The number of piperidine rings is 1. The van der Waals surface area contributed by atoms with Crippen molar-refractivity contribution < 1.29 is 4.74 Å². The molecule has 17 heavy (non-hydrogen) atoms. The van der Waals surface area contributed by atoms with E-state index in [1.807, 2.05) is 0 Å². The molecule has 0 radical (unpaired) electrons. The van der Waals surface area contributed by atoms with Crippen molar-refractivity contribution in [1.82, 2.24) is 4.90 Å². The van der Waals surface area contributed by atoms with Gasteiger partial charge in [-0.15, -0.1) is 0 Å². The van der Waals surface area contributed by atoms with E-state index >= 15 is 0 Å². The maximum absolute atomic E-state index is 6.53. The Kier molecular flexibility index (Phi) is 4.83. The van der Waals surface area contributed by atoms with Crippen LogP contribution >= 0.6 is 0 Å². The predicted octanol–water partition coefficient (Wildman–Crippen LogP) is 2.15. The van der Waals surface area contributed by atoms with Gasteiger partial charge in [0.05, 0.1) is 6.10 Å². The number of likely N-dealkylation sites (tertiary alicyclic amines) is 1. The number of nitrogens with two attached hydrogens (primary N) is 1. The third-order valence-electron chi connectivity index (χ3n) is 4.25. The molecule has 2 N–H and O–H groups in total. The van der Waals surface area contributed by atoms with E-state index in [9.17, 15) is 0 Å². The molecule has 0 aromatic carbocycles. The van der Waals surface area contributed by atoms with Gasteiger partial charge in [-0.1, -0.05) is 19.3 Å². The van der Waals surface area contributed by atoms with Crippen molar-refractivity contribution in [3.05, 3.63) is 0 Å². The molecular formula is C14H28N2O. The van der Waals surface area contributed by atoms with Gasteiger partial charge in [-0.25, -0.2) is 0 Å². The molecule has 0 amide bonds. The highest BCUT2D eigenvalue weighted by Crippen LogP contribution is 2.27. The lowest BCUT2D eigenvalue weighted by Gasteiger charge is -2.41. The summed E-state index contributed by atoms with van der Waals surface area (Å²) in [5, 5.41) is 0. The smallest absolute Gasteiger partial charge is 0.0702 e. The lowest BCUT2D eigenvalue weighted by Crippen LogP contribution is -2.54. The van der Waals surface area contributed by atoms with Gasteiger partial charge in [0.15, 0.2) is 0 Å². The van der Waals surface area contributed by atoms with Crippen molar-refractivity contribution >= 4 is 0 Å². The van der Waals surface area contributed by atoms with Crippen LogP contribution in [0.1, 0.15) is 51.9 Å². The molecule has 1 saturated carbocycles. The summed E-state index contributed by atoms with van der Waals surface area (Å²) in [4.78, 5) is 2.54. The first-order valence-corrected chi connectivity index (χ1v) is 7.35. The summed E-state index contributed by atoms with van der Waals surface area (Å²) in [6.45, 7) is 6.31. The van der Waals surface area contributed by atoms with Gasteiger partial charge < -0.3 is 10.5 Å². The molecule has 2 rings (SSSR count). The monoisotopic (exact) mass is 240 g/mol. The highest BCUT2D eigenvalue weighted by Gasteiger charge is 2.31. The van der Waals surface area contributed by atoms with Gasteiger partial charge in [-0.2, -0.15) is 0 Å². The SMILES string of the molecule is CCOC1CCCN(CC2(N)CCCCC2)C1. The summed E-state index contributed by atoms with van der Waals surface area (Å²) in [5.41, 5.74) is 6.62. The first kappa shape index (κ1) is 13.3. The fraction of sp³-hybridized carbons (Fsp3) is 1.00. The summed E-state index contributed by atoms with van der Waals surface area (Å²) in [5.74, 6) is 0. The van der Waals surface area contributed by atoms with Gasteiger partial charge in [0.25, 0.3) is 0 Å². The van der Waals surface area contributed by atoms with E-state index in [-0.39, 0.29) is 5.54 Å². The quantitative estimate of drug-likeness (QED) is 0.818. The van der Waals surface area contributed by atoms with Crippen molar-refractivity contribution in [3.8, 4) is 0 Å². The summed E-state index contributed by atoms with van der Waals surface area (Å²) in [7, 11) is 0. The summed E-state index contributed by atoms with van der Waals surface area (Å²) < 4.78 is 5.75. The van der Waals surface area contributed by atoms with Crippen LogP contribution < -0.4 is 5.73 Å². The van der Waals surface area contributed by atoms with Gasteiger partial charge in [-0.3, -0.25) is 4.90 Å². The molecule has 2 fully saturated rings. The van der Waals surface area contributed by atoms with Gasteiger partial charge in [-0.05, 0) is 39.2 Å². The first-order valence-electron chi connectivity index (χ1n) is 7.35. The number of hydrogen-bond donors (Lipinski definition) is 1. The standard InChI is InChI=1S/C14H28N2O/c1-2-17-13-7-6-10-16(11-13)12-14(15)8-4-3-5-9-14/h13H,2-12,15H2,1H3. The topological polar surface area (TPSA) is 38.5 Å². The van der Waals surface area contributed by atoms with Gasteiger partial charge in [0.2, 0.25) is 0 Å². The van der Waals surface area contributed by atoms with E-state index in [0.717, 1.165) is 19.7 Å². The molecule has 1 saturated heterocycles. The molecule has 0 aromatic heterocycles. The molecular weight excluding hydrogens is 212 g/mol. The molecule has 1 unspecified atom stereocenters. The Bertz CT molecular complexity index is 224. The lowest BCUT2D eigenvalue weighted by atomic mass is 9.82. The van der Waals surface area contributed by atoms with E-state index in [0.29, 0.717) is 6.10 Å². The molecule has 0 bridgehead atoms. The van der Waals surface area contributed by atoms with Crippen molar-refractivity contribution in [2.45, 2.75) is 63.5 Å². The minimum atomic E-state index is 0.0896. The average molecular weight is 240 g/mol. The molecule has 0 aromatic rings. The van der Waals surface area contributed by atoms with Crippen LogP contribution in [0.25, 0.3) is 0 Å². The van der Waals surface area contributed by atoms with Crippen LogP contribution in [0.5, 0.6) is 0 Å². The maximum atomic E-state index is 6.53. The minimum Gasteiger partial charge on any atom is -0.377 e. The number of rotatable bonds is 4. The fourth-order valence-electron chi connectivity index (χ4n) is 3.39. The van der Waals surface area contributed by atoms with Gasteiger partial charge in [0.1, 0.15) is 0 Å². The third kappa shape index (κ3) is 3.94. The number of nitrogens with zero attached hydrogens (tertiary/aromatic N) is 1. The third-order valence-corrected chi connectivity index (χ3v) is 4.25. The van der Waals surface area contributed by atoms with E-state index in [1.165, 1.54) is 51.5 Å². The Balaban J connectivity index is 1.81. The Morgan fingerprint density at radius 2 is 2.00 bits per heavy atom. The van der Waals surface area contributed by atoms with E-state index < -0.39 is 0 Å². The largest absolute Gasteiger partial charge is 0.377 e. The Hall–Kier alpha value is -0.120. The van der Waals surface area contributed by atoms with Crippen molar-refractivity contribution in [2.75, 3.05) is 26.2 Å². The van der Waals surface area contributed by atoms with E-state index in [1.54, 1.807) is 0 Å². The maximum Gasteiger partial charge on any atom is 0.0702 e. The molecule has 3 nitrogen and oxygen atoms in total. The molecule has 1 aliphatic heterocycles. The fourth-order valence-corrected chi connectivity index (χ4v) is 3.39. The Morgan fingerprint density at radius 3 is 2.71 bits per heavy atom. The zero-order valence-corrected chi connectivity index (χ0v) is 11.3. The molecule has 1 aliphatic carbocycles. The van der Waals surface area contributed by atoms with E-state index in [4.69, 9.17) is 10.5 Å². The Labute approximate surface area is 106 Å².